The standard InChI is InChI=1S/C21H26N2/c1-5-14(2)16-12-17-15-8-6-7-9-18(15)21(3,4)19(17)13-20(16)23-11-10-22/h6-14,23H,5,22H2,1-4H3/b11-10-. The molecule has 0 spiro atoms. The number of anilines is 1. The molecule has 0 heterocycles. The summed E-state index contributed by atoms with van der Waals surface area (Å²) < 4.78 is 0. The third-order valence-corrected chi connectivity index (χ3v) is 5.23. The van der Waals surface area contributed by atoms with Crippen molar-refractivity contribution < 1.29 is 0 Å². The highest BCUT2D eigenvalue weighted by Crippen LogP contribution is 2.50. The largest absolute Gasteiger partial charge is 0.403 e. The monoisotopic (exact) mass is 306 g/mol. The Morgan fingerprint density at radius 3 is 2.57 bits per heavy atom. The highest BCUT2D eigenvalue weighted by Gasteiger charge is 2.36. The molecule has 3 N–H and O–H groups in total. The van der Waals surface area contributed by atoms with Crippen molar-refractivity contribution in [3.63, 3.8) is 0 Å². The second-order valence-electron chi connectivity index (χ2n) is 6.97. The zero-order chi connectivity index (χ0) is 16.6. The molecule has 0 fully saturated rings. The minimum absolute atomic E-state index is 0.0305. The lowest BCUT2D eigenvalue weighted by atomic mass is 9.81. The van der Waals surface area contributed by atoms with E-state index >= 15 is 0 Å². The fourth-order valence-corrected chi connectivity index (χ4v) is 3.65. The maximum absolute atomic E-state index is 5.53. The molecule has 120 valence electrons. The Bertz CT molecular complexity index is 756. The van der Waals surface area contributed by atoms with Crippen molar-refractivity contribution in [2.75, 3.05) is 5.32 Å². The molecule has 0 saturated heterocycles. The molecule has 2 nitrogen and oxygen atoms in total. The number of benzene rings is 2. The molecule has 1 unspecified atom stereocenters. The smallest absolute Gasteiger partial charge is 0.0418 e. The van der Waals surface area contributed by atoms with Crippen LogP contribution in [0.5, 0.6) is 0 Å². The Hall–Kier alpha value is -2.22. The third-order valence-electron chi connectivity index (χ3n) is 5.23. The Balaban J connectivity index is 2.24. The first-order valence-electron chi connectivity index (χ1n) is 8.42. The van der Waals surface area contributed by atoms with Gasteiger partial charge in [0.15, 0.2) is 0 Å². The molecule has 1 aliphatic carbocycles. The van der Waals surface area contributed by atoms with Crippen molar-refractivity contribution in [3.8, 4) is 11.1 Å². The highest BCUT2D eigenvalue weighted by atomic mass is 14.9. The van der Waals surface area contributed by atoms with E-state index in [4.69, 9.17) is 5.73 Å². The van der Waals surface area contributed by atoms with E-state index in [0.717, 1.165) is 6.42 Å². The van der Waals surface area contributed by atoms with Crippen molar-refractivity contribution >= 4 is 5.69 Å². The summed E-state index contributed by atoms with van der Waals surface area (Å²) in [4.78, 5) is 0. The van der Waals surface area contributed by atoms with Gasteiger partial charge in [-0.2, -0.15) is 0 Å². The molecule has 3 rings (SSSR count). The summed E-state index contributed by atoms with van der Waals surface area (Å²) in [5.74, 6) is 0.504. The van der Waals surface area contributed by atoms with E-state index in [-0.39, 0.29) is 5.41 Å². The van der Waals surface area contributed by atoms with Gasteiger partial charge in [0.1, 0.15) is 0 Å². The number of nitrogens with one attached hydrogen (secondary N) is 1. The minimum atomic E-state index is 0.0305. The Labute approximate surface area is 139 Å². The van der Waals surface area contributed by atoms with Crippen molar-refractivity contribution in [2.24, 2.45) is 5.73 Å². The summed E-state index contributed by atoms with van der Waals surface area (Å²) in [6.07, 6.45) is 4.47. The topological polar surface area (TPSA) is 38.0 Å². The van der Waals surface area contributed by atoms with Crippen LogP contribution in [0, 0.1) is 0 Å². The van der Waals surface area contributed by atoms with Gasteiger partial charge < -0.3 is 11.1 Å². The fraction of sp³-hybridized carbons (Fsp3) is 0.333. The molecule has 1 atom stereocenters. The van der Waals surface area contributed by atoms with Crippen molar-refractivity contribution in [1.29, 1.82) is 0 Å². The van der Waals surface area contributed by atoms with Gasteiger partial charge in [-0.25, -0.2) is 0 Å². The molecular weight excluding hydrogens is 280 g/mol. The van der Waals surface area contributed by atoms with Crippen molar-refractivity contribution in [1.82, 2.24) is 0 Å². The van der Waals surface area contributed by atoms with Crippen molar-refractivity contribution in [3.05, 3.63) is 65.5 Å². The Morgan fingerprint density at radius 1 is 1.13 bits per heavy atom. The molecule has 2 heteroatoms. The lowest BCUT2D eigenvalue weighted by Crippen LogP contribution is -2.15. The van der Waals surface area contributed by atoms with Gasteiger partial charge in [-0.3, -0.25) is 0 Å². The zero-order valence-electron chi connectivity index (χ0n) is 14.5. The number of nitrogens with two attached hydrogens (primary N) is 1. The van der Waals surface area contributed by atoms with E-state index in [1.165, 1.54) is 33.5 Å². The highest BCUT2D eigenvalue weighted by molar-refractivity contribution is 5.83. The summed E-state index contributed by atoms with van der Waals surface area (Å²) in [5, 5.41) is 3.37. The lowest BCUT2D eigenvalue weighted by molar-refractivity contribution is 0.659. The van der Waals surface area contributed by atoms with Gasteiger partial charge in [0.2, 0.25) is 0 Å². The average molecular weight is 306 g/mol. The zero-order valence-corrected chi connectivity index (χ0v) is 14.5. The van der Waals surface area contributed by atoms with Gasteiger partial charge in [0.25, 0.3) is 0 Å². The first-order chi connectivity index (χ1) is 11.0. The van der Waals surface area contributed by atoms with Crippen LogP contribution in [-0.4, -0.2) is 0 Å². The van der Waals surface area contributed by atoms with Gasteiger partial charge in [0.05, 0.1) is 0 Å². The quantitative estimate of drug-likeness (QED) is 0.799. The number of hydrogen-bond acceptors (Lipinski definition) is 2. The van der Waals surface area contributed by atoms with E-state index in [1.54, 1.807) is 6.20 Å². The van der Waals surface area contributed by atoms with Gasteiger partial charge >= 0.3 is 0 Å². The second-order valence-corrected chi connectivity index (χ2v) is 6.97. The summed E-state index contributed by atoms with van der Waals surface area (Å²) in [6, 6.07) is 13.5. The molecule has 0 aliphatic heterocycles. The van der Waals surface area contributed by atoms with Crippen molar-refractivity contribution in [2.45, 2.75) is 45.4 Å². The van der Waals surface area contributed by atoms with Crippen LogP contribution in [0.1, 0.15) is 56.7 Å². The fourth-order valence-electron chi connectivity index (χ4n) is 3.65. The summed E-state index contributed by atoms with van der Waals surface area (Å²) in [7, 11) is 0. The molecule has 1 aliphatic rings. The SMILES string of the molecule is CCC(C)c1cc2c(cc1N/C=C\N)C(C)(C)c1ccccc1-2. The van der Waals surface area contributed by atoms with E-state index in [9.17, 15) is 0 Å². The first-order valence-corrected chi connectivity index (χ1v) is 8.42. The van der Waals surface area contributed by atoms with Crippen LogP contribution in [0.15, 0.2) is 48.8 Å². The van der Waals surface area contributed by atoms with Crippen LogP contribution in [0.4, 0.5) is 5.69 Å². The molecule has 2 aromatic rings. The first kappa shape index (κ1) is 15.7. The average Bonchev–Trinajstić information content (AvgIpc) is 2.79. The minimum Gasteiger partial charge on any atom is -0.403 e. The Kier molecular flexibility index (Phi) is 3.93. The third kappa shape index (κ3) is 2.42. The van der Waals surface area contributed by atoms with Crippen LogP contribution in [-0.2, 0) is 5.41 Å². The number of rotatable bonds is 4. The number of hydrogen-bond donors (Lipinski definition) is 2. The van der Waals surface area contributed by atoms with Gasteiger partial charge in [-0.05, 0) is 52.3 Å². The molecule has 0 amide bonds. The van der Waals surface area contributed by atoms with Crippen LogP contribution < -0.4 is 11.1 Å². The molecular formula is C21H26N2. The predicted molar refractivity (Wildman–Crippen MR) is 99.7 cm³/mol. The summed E-state index contributed by atoms with van der Waals surface area (Å²) in [5.41, 5.74) is 13.6. The van der Waals surface area contributed by atoms with Gasteiger partial charge in [-0.15, -0.1) is 0 Å². The second kappa shape index (κ2) is 5.77. The molecule has 0 bridgehead atoms. The Morgan fingerprint density at radius 2 is 1.87 bits per heavy atom. The summed E-state index contributed by atoms with van der Waals surface area (Å²) >= 11 is 0. The number of fused-ring (bicyclic) bond motifs is 3. The van der Waals surface area contributed by atoms with Crippen LogP contribution in [0.3, 0.4) is 0 Å². The molecule has 0 aromatic heterocycles. The van der Waals surface area contributed by atoms with E-state index < -0.39 is 0 Å². The molecule has 2 aromatic carbocycles. The van der Waals surface area contributed by atoms with Crippen LogP contribution >= 0.6 is 0 Å². The van der Waals surface area contributed by atoms with E-state index in [0.29, 0.717) is 5.92 Å². The van der Waals surface area contributed by atoms with Gasteiger partial charge in [0, 0.05) is 23.5 Å². The molecule has 23 heavy (non-hydrogen) atoms. The predicted octanol–water partition coefficient (Wildman–Crippen LogP) is 5.35. The maximum atomic E-state index is 5.53. The molecule has 0 radical (unpaired) electrons. The van der Waals surface area contributed by atoms with E-state index in [2.05, 4.69) is 69.4 Å². The van der Waals surface area contributed by atoms with Gasteiger partial charge in [-0.1, -0.05) is 52.0 Å². The summed E-state index contributed by atoms with van der Waals surface area (Å²) in [6.45, 7) is 9.13. The van der Waals surface area contributed by atoms with Crippen LogP contribution in [0.2, 0.25) is 0 Å². The van der Waals surface area contributed by atoms with Crippen LogP contribution in [0.25, 0.3) is 11.1 Å². The molecule has 0 saturated carbocycles. The van der Waals surface area contributed by atoms with E-state index in [1.807, 2.05) is 6.20 Å². The normalized spacial score (nSPS) is 16.2. The maximum Gasteiger partial charge on any atom is 0.0418 e. The lowest BCUT2D eigenvalue weighted by Gasteiger charge is -2.24.